The average molecular weight is 320 g/mol. The van der Waals surface area contributed by atoms with E-state index in [1.54, 1.807) is 0 Å². The Kier molecular flexibility index (Phi) is 8.52. The molecule has 0 radical (unpaired) electrons. The molecular formula is C12H20N2O4S2. The lowest BCUT2D eigenvalue weighted by Crippen LogP contribution is -2.38. The second-order valence-electron chi connectivity index (χ2n) is 4.52. The summed E-state index contributed by atoms with van der Waals surface area (Å²) in [5.74, 6) is -0.530. The number of amides is 2. The SMILES string of the molecule is O=C(O)CNC(=O)CNC(=O)CCCCC1CCSS1. The van der Waals surface area contributed by atoms with Gasteiger partial charge in [0.15, 0.2) is 0 Å². The summed E-state index contributed by atoms with van der Waals surface area (Å²) in [6.45, 7) is -0.590. The highest BCUT2D eigenvalue weighted by atomic mass is 33.1. The summed E-state index contributed by atoms with van der Waals surface area (Å²) in [4.78, 5) is 32.8. The molecule has 114 valence electrons. The van der Waals surface area contributed by atoms with E-state index in [0.29, 0.717) is 6.42 Å². The monoisotopic (exact) mass is 320 g/mol. The third-order valence-electron chi connectivity index (χ3n) is 2.79. The van der Waals surface area contributed by atoms with Crippen LogP contribution in [0.4, 0.5) is 0 Å². The normalized spacial score (nSPS) is 17.7. The molecule has 8 heteroatoms. The van der Waals surface area contributed by atoms with Crippen LogP contribution in [0, 0.1) is 0 Å². The number of nitrogens with one attached hydrogen (secondary N) is 2. The summed E-state index contributed by atoms with van der Waals surface area (Å²) in [5, 5.41) is 13.8. The molecule has 1 saturated heterocycles. The van der Waals surface area contributed by atoms with Crippen LogP contribution in [0.2, 0.25) is 0 Å². The number of aliphatic carboxylic acids is 1. The number of carboxylic acids is 1. The Hall–Kier alpha value is -0.890. The van der Waals surface area contributed by atoms with Gasteiger partial charge in [-0.3, -0.25) is 14.4 Å². The molecule has 0 saturated carbocycles. The first-order chi connectivity index (χ1) is 9.58. The van der Waals surface area contributed by atoms with E-state index in [0.717, 1.165) is 24.5 Å². The van der Waals surface area contributed by atoms with E-state index in [-0.39, 0.29) is 12.5 Å². The molecule has 20 heavy (non-hydrogen) atoms. The number of carbonyl (C=O) groups excluding carboxylic acids is 2. The van der Waals surface area contributed by atoms with Crippen LogP contribution in [0.5, 0.6) is 0 Å². The molecule has 0 aliphatic carbocycles. The smallest absolute Gasteiger partial charge is 0.322 e. The van der Waals surface area contributed by atoms with Crippen molar-refractivity contribution in [2.75, 3.05) is 18.8 Å². The summed E-state index contributed by atoms with van der Waals surface area (Å²) >= 11 is 0. The Labute approximate surface area is 126 Å². The Bertz CT molecular complexity index is 346. The number of hydrogen-bond acceptors (Lipinski definition) is 5. The Morgan fingerprint density at radius 3 is 2.50 bits per heavy atom. The minimum Gasteiger partial charge on any atom is -0.480 e. The van der Waals surface area contributed by atoms with Crippen LogP contribution in [0.15, 0.2) is 0 Å². The van der Waals surface area contributed by atoms with Gasteiger partial charge < -0.3 is 15.7 Å². The third-order valence-corrected chi connectivity index (χ3v) is 5.80. The number of rotatable bonds is 9. The van der Waals surface area contributed by atoms with Crippen LogP contribution >= 0.6 is 21.6 Å². The molecule has 0 aromatic carbocycles. The van der Waals surface area contributed by atoms with Gasteiger partial charge in [-0.15, -0.1) is 0 Å². The van der Waals surface area contributed by atoms with Gasteiger partial charge in [-0.25, -0.2) is 0 Å². The first-order valence-corrected chi connectivity index (χ1v) is 8.99. The lowest BCUT2D eigenvalue weighted by Gasteiger charge is -2.07. The van der Waals surface area contributed by atoms with Crippen molar-refractivity contribution >= 4 is 39.4 Å². The minimum absolute atomic E-state index is 0.163. The minimum atomic E-state index is -1.10. The standard InChI is InChI=1S/C12H20N2O4S2/c15-10(13-7-11(16)14-8-12(17)18)4-2-1-3-9-5-6-19-20-9/h9H,1-8H2,(H,13,15)(H,14,16)(H,17,18). The fourth-order valence-electron chi connectivity index (χ4n) is 1.73. The van der Waals surface area contributed by atoms with Crippen molar-refractivity contribution in [1.82, 2.24) is 10.6 Å². The largest absolute Gasteiger partial charge is 0.480 e. The topological polar surface area (TPSA) is 95.5 Å². The van der Waals surface area contributed by atoms with Crippen LogP contribution in [-0.4, -0.2) is 47.0 Å². The van der Waals surface area contributed by atoms with E-state index in [9.17, 15) is 14.4 Å². The number of hydrogen-bond donors (Lipinski definition) is 3. The summed E-state index contributed by atoms with van der Waals surface area (Å²) < 4.78 is 0. The highest BCUT2D eigenvalue weighted by molar-refractivity contribution is 8.77. The fourth-order valence-corrected chi connectivity index (χ4v) is 4.75. The number of carboxylic acid groups (broad SMARTS) is 1. The van der Waals surface area contributed by atoms with Gasteiger partial charge in [0.25, 0.3) is 0 Å². The Morgan fingerprint density at radius 2 is 1.85 bits per heavy atom. The van der Waals surface area contributed by atoms with Gasteiger partial charge in [0, 0.05) is 17.4 Å². The van der Waals surface area contributed by atoms with Crippen molar-refractivity contribution in [2.45, 2.75) is 37.4 Å². The quantitative estimate of drug-likeness (QED) is 0.434. The first-order valence-electron chi connectivity index (χ1n) is 6.61. The molecule has 0 aromatic rings. The molecule has 2 amide bonds. The molecule has 6 nitrogen and oxygen atoms in total. The van der Waals surface area contributed by atoms with E-state index in [4.69, 9.17) is 5.11 Å². The molecule has 0 spiro atoms. The Morgan fingerprint density at radius 1 is 1.10 bits per heavy atom. The van der Waals surface area contributed by atoms with Crippen molar-refractivity contribution in [1.29, 1.82) is 0 Å². The molecular weight excluding hydrogens is 300 g/mol. The second kappa shape index (κ2) is 9.93. The number of unbranched alkanes of at least 4 members (excludes halogenated alkanes) is 1. The zero-order valence-electron chi connectivity index (χ0n) is 11.2. The summed E-state index contributed by atoms with van der Waals surface area (Å²) in [5.41, 5.74) is 0. The molecule has 0 aromatic heterocycles. The van der Waals surface area contributed by atoms with E-state index in [1.807, 2.05) is 21.6 Å². The maximum Gasteiger partial charge on any atom is 0.322 e. The van der Waals surface area contributed by atoms with Gasteiger partial charge in [-0.05, 0) is 19.3 Å². The molecule has 1 rings (SSSR count). The van der Waals surface area contributed by atoms with E-state index >= 15 is 0 Å². The molecule has 1 atom stereocenters. The van der Waals surface area contributed by atoms with Crippen molar-refractivity contribution in [3.63, 3.8) is 0 Å². The van der Waals surface area contributed by atoms with Gasteiger partial charge in [0.2, 0.25) is 11.8 Å². The van der Waals surface area contributed by atoms with Crippen LogP contribution in [0.25, 0.3) is 0 Å². The van der Waals surface area contributed by atoms with Crippen LogP contribution in [0.3, 0.4) is 0 Å². The maximum absolute atomic E-state index is 11.5. The fraction of sp³-hybridized carbons (Fsp3) is 0.750. The predicted octanol–water partition coefficient (Wildman–Crippen LogP) is 1.02. The van der Waals surface area contributed by atoms with Crippen molar-refractivity contribution < 1.29 is 19.5 Å². The molecule has 1 aliphatic heterocycles. The van der Waals surface area contributed by atoms with Gasteiger partial charge in [-0.2, -0.15) is 0 Å². The van der Waals surface area contributed by atoms with Gasteiger partial charge in [-0.1, -0.05) is 28.0 Å². The summed E-state index contributed by atoms with van der Waals surface area (Å²) in [7, 11) is 3.85. The van der Waals surface area contributed by atoms with Gasteiger partial charge in [0.05, 0.1) is 6.54 Å². The second-order valence-corrected chi connectivity index (χ2v) is 7.31. The summed E-state index contributed by atoms with van der Waals surface area (Å²) in [6.07, 6.45) is 4.66. The molecule has 1 heterocycles. The lowest BCUT2D eigenvalue weighted by atomic mass is 10.1. The number of carbonyl (C=O) groups is 3. The van der Waals surface area contributed by atoms with Crippen molar-refractivity contribution in [3.05, 3.63) is 0 Å². The molecule has 1 aliphatic rings. The highest BCUT2D eigenvalue weighted by Crippen LogP contribution is 2.39. The zero-order valence-corrected chi connectivity index (χ0v) is 12.9. The van der Waals surface area contributed by atoms with E-state index in [2.05, 4.69) is 10.6 Å². The zero-order chi connectivity index (χ0) is 14.8. The average Bonchev–Trinajstić information content (AvgIpc) is 2.92. The maximum atomic E-state index is 11.5. The summed E-state index contributed by atoms with van der Waals surface area (Å²) in [6, 6.07) is 0. The van der Waals surface area contributed by atoms with E-state index in [1.165, 1.54) is 12.2 Å². The first kappa shape index (κ1) is 17.2. The van der Waals surface area contributed by atoms with Crippen LogP contribution in [0.1, 0.15) is 32.1 Å². The van der Waals surface area contributed by atoms with Crippen molar-refractivity contribution in [3.8, 4) is 0 Å². The van der Waals surface area contributed by atoms with Crippen LogP contribution in [-0.2, 0) is 14.4 Å². The molecule has 1 fully saturated rings. The van der Waals surface area contributed by atoms with Crippen LogP contribution < -0.4 is 10.6 Å². The van der Waals surface area contributed by atoms with E-state index < -0.39 is 18.4 Å². The third kappa shape index (κ3) is 8.31. The lowest BCUT2D eigenvalue weighted by molar-refractivity contribution is -0.137. The van der Waals surface area contributed by atoms with Gasteiger partial charge in [0.1, 0.15) is 6.54 Å². The molecule has 1 unspecified atom stereocenters. The highest BCUT2D eigenvalue weighted by Gasteiger charge is 2.15. The molecule has 3 N–H and O–H groups in total. The van der Waals surface area contributed by atoms with Crippen molar-refractivity contribution in [2.24, 2.45) is 0 Å². The van der Waals surface area contributed by atoms with Gasteiger partial charge >= 0.3 is 5.97 Å². The Balaban J connectivity index is 1.96. The predicted molar refractivity (Wildman–Crippen MR) is 80.6 cm³/mol. The molecule has 0 bridgehead atoms.